The minimum absolute atomic E-state index is 0.0310. The van der Waals surface area contributed by atoms with Crippen LogP contribution in [0.25, 0.3) is 0 Å². The van der Waals surface area contributed by atoms with E-state index >= 15 is 0 Å². The molecule has 1 rings (SSSR count). The minimum atomic E-state index is 0.0310. The highest BCUT2D eigenvalue weighted by atomic mass is 35.5. The van der Waals surface area contributed by atoms with E-state index in [1.165, 1.54) is 0 Å². The Hall–Kier alpha value is -0.870. The Morgan fingerprint density at radius 3 is 2.65 bits per heavy atom. The number of anilines is 1. The number of methoxy groups -OCH3 is 1. The van der Waals surface area contributed by atoms with Gasteiger partial charge in [0.2, 0.25) is 5.95 Å². The summed E-state index contributed by atoms with van der Waals surface area (Å²) in [5.41, 5.74) is 1.99. The predicted octanol–water partition coefficient (Wildman–Crippen LogP) is 2.57. The lowest BCUT2D eigenvalue weighted by Gasteiger charge is -2.16. The predicted molar refractivity (Wildman–Crippen MR) is 70.9 cm³/mol. The van der Waals surface area contributed by atoms with Crippen LogP contribution in [0, 0.1) is 6.92 Å². The van der Waals surface area contributed by atoms with Gasteiger partial charge >= 0.3 is 0 Å². The average Bonchev–Trinajstić information content (AvgIpc) is 2.27. The lowest BCUT2D eigenvalue weighted by atomic mass is 10.1. The number of halogens is 1. The smallest absolute Gasteiger partial charge is 0.223 e. The molecule has 0 spiro atoms. The van der Waals surface area contributed by atoms with Gasteiger partial charge in [0.1, 0.15) is 0 Å². The Morgan fingerprint density at radius 2 is 2.12 bits per heavy atom. The molecule has 0 fully saturated rings. The van der Waals surface area contributed by atoms with Crippen LogP contribution in [0.4, 0.5) is 5.95 Å². The molecular weight excluding hydrogens is 238 g/mol. The molecule has 96 valence electrons. The monoisotopic (exact) mass is 257 g/mol. The second-order valence-electron chi connectivity index (χ2n) is 4.36. The third-order valence-electron chi connectivity index (χ3n) is 2.35. The minimum Gasteiger partial charge on any atom is -0.383 e. The topological polar surface area (TPSA) is 47.0 Å². The first-order valence-corrected chi connectivity index (χ1v) is 6.27. The molecule has 0 saturated carbocycles. The summed E-state index contributed by atoms with van der Waals surface area (Å²) in [5, 5.41) is 3.19. The van der Waals surface area contributed by atoms with Gasteiger partial charge in [0.05, 0.1) is 12.6 Å². The standard InChI is InChI=1S/C12H20ClN3O/c1-8(2)11-5-9(3)14-12(16-11)15-10(6-13)7-17-4/h5,8,10H,6-7H2,1-4H3,(H,14,15,16). The summed E-state index contributed by atoms with van der Waals surface area (Å²) in [4.78, 5) is 8.82. The van der Waals surface area contributed by atoms with Crippen molar-refractivity contribution in [3.8, 4) is 0 Å². The zero-order valence-corrected chi connectivity index (χ0v) is 11.6. The second-order valence-corrected chi connectivity index (χ2v) is 4.67. The molecule has 0 aliphatic rings. The molecule has 1 aromatic heterocycles. The molecule has 0 aliphatic heterocycles. The molecule has 1 unspecified atom stereocenters. The van der Waals surface area contributed by atoms with Gasteiger partial charge in [0.25, 0.3) is 0 Å². The van der Waals surface area contributed by atoms with Gasteiger partial charge in [-0.1, -0.05) is 13.8 Å². The largest absolute Gasteiger partial charge is 0.383 e. The van der Waals surface area contributed by atoms with Crippen LogP contribution in [0.3, 0.4) is 0 Å². The van der Waals surface area contributed by atoms with E-state index in [0.29, 0.717) is 24.4 Å². The fourth-order valence-corrected chi connectivity index (χ4v) is 1.63. The summed E-state index contributed by atoms with van der Waals surface area (Å²) in [5.74, 6) is 1.47. The van der Waals surface area contributed by atoms with E-state index in [2.05, 4.69) is 29.1 Å². The summed E-state index contributed by atoms with van der Waals surface area (Å²) in [6.07, 6.45) is 0. The molecule has 0 bridgehead atoms. The summed E-state index contributed by atoms with van der Waals surface area (Å²) < 4.78 is 5.07. The Bertz CT molecular complexity index is 358. The number of alkyl halides is 1. The van der Waals surface area contributed by atoms with Crippen LogP contribution in [-0.4, -0.2) is 35.6 Å². The normalized spacial score (nSPS) is 12.8. The molecule has 1 aromatic rings. The number of rotatable bonds is 6. The van der Waals surface area contributed by atoms with Crippen molar-refractivity contribution in [2.45, 2.75) is 32.7 Å². The maximum Gasteiger partial charge on any atom is 0.223 e. The zero-order chi connectivity index (χ0) is 12.8. The maximum absolute atomic E-state index is 5.84. The summed E-state index contributed by atoms with van der Waals surface area (Å²) in [6.45, 7) is 6.72. The average molecular weight is 258 g/mol. The SMILES string of the molecule is COCC(CCl)Nc1nc(C)cc(C(C)C)n1. The summed E-state index contributed by atoms with van der Waals surface area (Å²) >= 11 is 5.84. The number of hydrogen-bond donors (Lipinski definition) is 1. The van der Waals surface area contributed by atoms with Crippen LogP contribution in [0.2, 0.25) is 0 Å². The van der Waals surface area contributed by atoms with Gasteiger partial charge in [-0.05, 0) is 18.9 Å². The van der Waals surface area contributed by atoms with Gasteiger partial charge in [-0.2, -0.15) is 0 Å². The quantitative estimate of drug-likeness (QED) is 0.796. The Balaban J connectivity index is 2.82. The molecule has 4 nitrogen and oxygen atoms in total. The summed E-state index contributed by atoms with van der Waals surface area (Å²) in [7, 11) is 1.65. The van der Waals surface area contributed by atoms with Crippen molar-refractivity contribution in [2.75, 3.05) is 24.9 Å². The Labute approximate surface area is 108 Å². The van der Waals surface area contributed by atoms with Gasteiger partial charge in [-0.15, -0.1) is 11.6 Å². The lowest BCUT2D eigenvalue weighted by molar-refractivity contribution is 0.191. The third-order valence-corrected chi connectivity index (χ3v) is 2.73. The first-order valence-electron chi connectivity index (χ1n) is 5.73. The Morgan fingerprint density at radius 1 is 1.41 bits per heavy atom. The highest BCUT2D eigenvalue weighted by molar-refractivity contribution is 6.18. The fraction of sp³-hybridized carbons (Fsp3) is 0.667. The van der Waals surface area contributed by atoms with Crippen molar-refractivity contribution in [2.24, 2.45) is 0 Å². The van der Waals surface area contributed by atoms with E-state index in [0.717, 1.165) is 11.4 Å². The molecule has 0 aliphatic carbocycles. The van der Waals surface area contributed by atoms with Crippen LogP contribution in [0.5, 0.6) is 0 Å². The van der Waals surface area contributed by atoms with Gasteiger partial charge in [-0.3, -0.25) is 0 Å². The molecule has 0 saturated heterocycles. The number of hydrogen-bond acceptors (Lipinski definition) is 4. The number of ether oxygens (including phenoxy) is 1. The van der Waals surface area contributed by atoms with Crippen molar-refractivity contribution in [3.63, 3.8) is 0 Å². The highest BCUT2D eigenvalue weighted by Gasteiger charge is 2.10. The first kappa shape index (κ1) is 14.2. The van der Waals surface area contributed by atoms with Crippen LogP contribution < -0.4 is 5.32 Å². The van der Waals surface area contributed by atoms with Gasteiger partial charge < -0.3 is 10.1 Å². The van der Waals surface area contributed by atoms with E-state index in [-0.39, 0.29) is 6.04 Å². The molecule has 1 atom stereocenters. The van der Waals surface area contributed by atoms with E-state index in [4.69, 9.17) is 16.3 Å². The van der Waals surface area contributed by atoms with Gasteiger partial charge in [0.15, 0.2) is 0 Å². The first-order chi connectivity index (χ1) is 8.06. The zero-order valence-electron chi connectivity index (χ0n) is 10.8. The molecule has 0 aromatic carbocycles. The maximum atomic E-state index is 5.84. The van der Waals surface area contributed by atoms with Crippen molar-refractivity contribution < 1.29 is 4.74 Å². The number of nitrogens with one attached hydrogen (secondary N) is 1. The molecule has 1 heterocycles. The molecule has 0 radical (unpaired) electrons. The van der Waals surface area contributed by atoms with Crippen LogP contribution in [0.15, 0.2) is 6.07 Å². The van der Waals surface area contributed by atoms with Crippen LogP contribution in [-0.2, 0) is 4.74 Å². The number of nitrogens with zero attached hydrogens (tertiary/aromatic N) is 2. The molecule has 1 N–H and O–H groups in total. The van der Waals surface area contributed by atoms with Gasteiger partial charge in [0, 0.05) is 24.4 Å². The van der Waals surface area contributed by atoms with E-state index in [9.17, 15) is 0 Å². The van der Waals surface area contributed by atoms with Crippen molar-refractivity contribution in [3.05, 3.63) is 17.5 Å². The fourth-order valence-electron chi connectivity index (χ4n) is 1.46. The summed E-state index contributed by atoms with van der Waals surface area (Å²) in [6, 6.07) is 2.03. The highest BCUT2D eigenvalue weighted by Crippen LogP contribution is 2.15. The number of aryl methyl sites for hydroxylation is 1. The van der Waals surface area contributed by atoms with E-state index in [1.807, 2.05) is 13.0 Å². The molecule has 0 amide bonds. The Kier molecular flexibility index (Phi) is 5.65. The van der Waals surface area contributed by atoms with Crippen molar-refractivity contribution >= 4 is 17.5 Å². The van der Waals surface area contributed by atoms with Crippen LogP contribution >= 0.6 is 11.6 Å². The molecule has 17 heavy (non-hydrogen) atoms. The van der Waals surface area contributed by atoms with Gasteiger partial charge in [-0.25, -0.2) is 9.97 Å². The van der Waals surface area contributed by atoms with Crippen molar-refractivity contribution in [1.29, 1.82) is 0 Å². The van der Waals surface area contributed by atoms with E-state index in [1.54, 1.807) is 7.11 Å². The lowest BCUT2D eigenvalue weighted by Crippen LogP contribution is -2.28. The number of aromatic nitrogens is 2. The second kappa shape index (κ2) is 6.77. The molecular formula is C12H20ClN3O. The van der Waals surface area contributed by atoms with E-state index < -0.39 is 0 Å². The molecule has 5 heteroatoms. The van der Waals surface area contributed by atoms with Crippen LogP contribution in [0.1, 0.15) is 31.2 Å². The van der Waals surface area contributed by atoms with Crippen molar-refractivity contribution in [1.82, 2.24) is 9.97 Å². The third kappa shape index (κ3) is 4.48.